The van der Waals surface area contributed by atoms with Crippen molar-refractivity contribution in [2.45, 2.75) is 38.8 Å². The topological polar surface area (TPSA) is 60.9 Å². The Hall–Kier alpha value is -1.39. The smallest absolute Gasteiger partial charge is 0.137 e. The van der Waals surface area contributed by atoms with E-state index in [0.717, 1.165) is 30.4 Å². The second-order valence-corrected chi connectivity index (χ2v) is 4.71. The lowest BCUT2D eigenvalue weighted by molar-refractivity contribution is 0.149. The van der Waals surface area contributed by atoms with Crippen molar-refractivity contribution in [1.82, 2.24) is 15.3 Å². The molecule has 2 aromatic heterocycles. The van der Waals surface area contributed by atoms with Crippen LogP contribution in [-0.2, 0) is 6.54 Å². The Balaban J connectivity index is 2.14. The average molecular weight is 247 g/mol. The first-order valence-corrected chi connectivity index (χ1v) is 6.51. The standard InChI is InChI=1S/C14H21N3O/c1-3-14(4-2,10-18)17-9-11-8-16-13-12(11)6-5-7-15-13/h5-8,17-18H,3-4,9-10H2,1-2H3,(H,15,16). The van der Waals surface area contributed by atoms with Gasteiger partial charge in [0, 0.05) is 29.9 Å². The van der Waals surface area contributed by atoms with Gasteiger partial charge in [-0.2, -0.15) is 0 Å². The molecule has 0 radical (unpaired) electrons. The van der Waals surface area contributed by atoms with Gasteiger partial charge in [0.05, 0.1) is 6.61 Å². The SMILES string of the molecule is CCC(CC)(CO)NCc1c[nH]c2ncccc12. The molecule has 2 aromatic rings. The summed E-state index contributed by atoms with van der Waals surface area (Å²) in [6.07, 6.45) is 5.60. The van der Waals surface area contributed by atoms with Crippen LogP contribution in [0.2, 0.25) is 0 Å². The zero-order chi connectivity index (χ0) is 13.0. The van der Waals surface area contributed by atoms with Gasteiger partial charge in [0.25, 0.3) is 0 Å². The maximum atomic E-state index is 9.54. The normalized spacial score (nSPS) is 12.2. The highest BCUT2D eigenvalue weighted by Gasteiger charge is 2.24. The van der Waals surface area contributed by atoms with Crippen LogP contribution in [0.4, 0.5) is 0 Å². The number of hydrogen-bond donors (Lipinski definition) is 3. The van der Waals surface area contributed by atoms with E-state index in [0.29, 0.717) is 0 Å². The molecule has 4 nitrogen and oxygen atoms in total. The Labute approximate surface area is 107 Å². The van der Waals surface area contributed by atoms with E-state index in [-0.39, 0.29) is 12.1 Å². The predicted octanol–water partition coefficient (Wildman–Crippen LogP) is 2.20. The zero-order valence-corrected chi connectivity index (χ0v) is 11.0. The molecule has 0 fully saturated rings. The minimum Gasteiger partial charge on any atom is -0.394 e. The van der Waals surface area contributed by atoms with Crippen LogP contribution >= 0.6 is 0 Å². The minimum absolute atomic E-state index is 0.167. The number of rotatable bonds is 6. The molecule has 2 heterocycles. The minimum atomic E-state index is -0.175. The summed E-state index contributed by atoms with van der Waals surface area (Å²) in [5.41, 5.74) is 1.93. The third kappa shape index (κ3) is 2.40. The van der Waals surface area contributed by atoms with Crippen LogP contribution in [0.5, 0.6) is 0 Å². The van der Waals surface area contributed by atoms with Crippen LogP contribution < -0.4 is 5.32 Å². The summed E-state index contributed by atoms with van der Waals surface area (Å²) in [5.74, 6) is 0. The van der Waals surface area contributed by atoms with Gasteiger partial charge in [-0.05, 0) is 30.5 Å². The molecule has 0 aliphatic heterocycles. The van der Waals surface area contributed by atoms with Gasteiger partial charge in [0.1, 0.15) is 5.65 Å². The van der Waals surface area contributed by atoms with Gasteiger partial charge in [-0.3, -0.25) is 0 Å². The summed E-state index contributed by atoms with van der Waals surface area (Å²) in [6.45, 7) is 5.11. The number of aromatic nitrogens is 2. The summed E-state index contributed by atoms with van der Waals surface area (Å²) in [6, 6.07) is 4.01. The van der Waals surface area contributed by atoms with Gasteiger partial charge in [-0.15, -0.1) is 0 Å². The van der Waals surface area contributed by atoms with E-state index in [1.807, 2.05) is 12.3 Å². The van der Waals surface area contributed by atoms with Gasteiger partial charge in [-0.25, -0.2) is 4.98 Å². The Morgan fingerprint density at radius 1 is 1.39 bits per heavy atom. The molecule has 0 atom stereocenters. The number of aromatic amines is 1. The summed E-state index contributed by atoms with van der Waals surface area (Å²) in [5, 5.41) is 14.2. The van der Waals surface area contributed by atoms with Gasteiger partial charge < -0.3 is 15.4 Å². The number of nitrogens with one attached hydrogen (secondary N) is 2. The highest BCUT2D eigenvalue weighted by Crippen LogP contribution is 2.19. The van der Waals surface area contributed by atoms with Crippen molar-refractivity contribution in [3.63, 3.8) is 0 Å². The van der Waals surface area contributed by atoms with Crippen molar-refractivity contribution in [2.75, 3.05) is 6.61 Å². The van der Waals surface area contributed by atoms with E-state index in [9.17, 15) is 5.11 Å². The molecule has 2 rings (SSSR count). The maximum Gasteiger partial charge on any atom is 0.137 e. The van der Waals surface area contributed by atoms with E-state index < -0.39 is 0 Å². The van der Waals surface area contributed by atoms with Crippen molar-refractivity contribution >= 4 is 11.0 Å². The number of nitrogens with zero attached hydrogens (tertiary/aromatic N) is 1. The summed E-state index contributed by atoms with van der Waals surface area (Å²) in [7, 11) is 0. The van der Waals surface area contributed by atoms with Crippen molar-refractivity contribution in [1.29, 1.82) is 0 Å². The number of H-pyrrole nitrogens is 1. The fraction of sp³-hybridized carbons (Fsp3) is 0.500. The van der Waals surface area contributed by atoms with Crippen LogP contribution in [0.3, 0.4) is 0 Å². The monoisotopic (exact) mass is 247 g/mol. The van der Waals surface area contributed by atoms with Crippen LogP contribution in [0, 0.1) is 0 Å². The fourth-order valence-corrected chi connectivity index (χ4v) is 2.22. The van der Waals surface area contributed by atoms with Crippen molar-refractivity contribution in [3.05, 3.63) is 30.1 Å². The molecule has 0 amide bonds. The van der Waals surface area contributed by atoms with Gasteiger partial charge >= 0.3 is 0 Å². The third-order valence-electron chi connectivity index (χ3n) is 3.85. The lowest BCUT2D eigenvalue weighted by Crippen LogP contribution is -2.47. The number of hydrogen-bond acceptors (Lipinski definition) is 3. The molecule has 98 valence electrons. The van der Waals surface area contributed by atoms with Gasteiger partial charge in [0.15, 0.2) is 0 Å². The Morgan fingerprint density at radius 2 is 2.17 bits per heavy atom. The number of aliphatic hydroxyl groups is 1. The molecule has 3 N–H and O–H groups in total. The second kappa shape index (κ2) is 5.50. The Bertz CT molecular complexity index is 494. The molecule has 0 unspecified atom stereocenters. The van der Waals surface area contributed by atoms with Gasteiger partial charge in [-0.1, -0.05) is 13.8 Å². The summed E-state index contributed by atoms with van der Waals surface area (Å²) < 4.78 is 0. The van der Waals surface area contributed by atoms with Crippen LogP contribution in [0.15, 0.2) is 24.5 Å². The largest absolute Gasteiger partial charge is 0.394 e. The van der Waals surface area contributed by atoms with Crippen molar-refractivity contribution in [2.24, 2.45) is 0 Å². The summed E-state index contributed by atoms with van der Waals surface area (Å²) >= 11 is 0. The average Bonchev–Trinajstić information content (AvgIpc) is 2.85. The van der Waals surface area contributed by atoms with E-state index in [1.54, 1.807) is 6.20 Å². The molecule has 4 heteroatoms. The predicted molar refractivity (Wildman–Crippen MR) is 73.3 cm³/mol. The Morgan fingerprint density at radius 3 is 2.83 bits per heavy atom. The molecular weight excluding hydrogens is 226 g/mol. The molecule has 0 bridgehead atoms. The van der Waals surface area contributed by atoms with Crippen LogP contribution in [0.1, 0.15) is 32.3 Å². The first-order chi connectivity index (χ1) is 8.74. The van der Waals surface area contributed by atoms with Crippen LogP contribution in [0.25, 0.3) is 11.0 Å². The first-order valence-electron chi connectivity index (χ1n) is 6.51. The molecule has 0 aromatic carbocycles. The lowest BCUT2D eigenvalue weighted by atomic mass is 9.93. The first kappa shape index (κ1) is 13.1. The molecule has 0 saturated carbocycles. The van der Waals surface area contributed by atoms with Crippen molar-refractivity contribution in [3.8, 4) is 0 Å². The second-order valence-electron chi connectivity index (χ2n) is 4.71. The third-order valence-corrected chi connectivity index (χ3v) is 3.85. The zero-order valence-electron chi connectivity index (χ0n) is 11.0. The van der Waals surface area contributed by atoms with E-state index in [2.05, 4.69) is 35.2 Å². The quantitative estimate of drug-likeness (QED) is 0.733. The molecule has 0 aliphatic rings. The molecule has 18 heavy (non-hydrogen) atoms. The summed E-state index contributed by atoms with van der Waals surface area (Å²) in [4.78, 5) is 7.44. The molecule has 0 spiro atoms. The highest BCUT2D eigenvalue weighted by molar-refractivity contribution is 5.79. The van der Waals surface area contributed by atoms with Gasteiger partial charge in [0.2, 0.25) is 0 Å². The van der Waals surface area contributed by atoms with E-state index >= 15 is 0 Å². The molecule has 0 saturated heterocycles. The maximum absolute atomic E-state index is 9.54. The lowest BCUT2D eigenvalue weighted by Gasteiger charge is -2.30. The molecular formula is C14H21N3O. The highest BCUT2D eigenvalue weighted by atomic mass is 16.3. The number of pyridine rings is 1. The van der Waals surface area contributed by atoms with E-state index in [1.165, 1.54) is 5.56 Å². The Kier molecular flexibility index (Phi) is 3.99. The van der Waals surface area contributed by atoms with Crippen molar-refractivity contribution < 1.29 is 5.11 Å². The van der Waals surface area contributed by atoms with Crippen LogP contribution in [-0.4, -0.2) is 27.2 Å². The number of aliphatic hydroxyl groups excluding tert-OH is 1. The number of fused-ring (bicyclic) bond motifs is 1. The molecule has 0 aliphatic carbocycles. The van der Waals surface area contributed by atoms with E-state index in [4.69, 9.17) is 0 Å². The fourth-order valence-electron chi connectivity index (χ4n) is 2.22.